The second kappa shape index (κ2) is 4.11. The van der Waals surface area contributed by atoms with E-state index < -0.39 is 5.60 Å². The van der Waals surface area contributed by atoms with E-state index in [1.807, 2.05) is 68.4 Å². The lowest BCUT2D eigenvalue weighted by Crippen LogP contribution is -2.22. The van der Waals surface area contributed by atoms with Crippen LogP contribution in [0, 0.1) is 6.92 Å². The van der Waals surface area contributed by atoms with Crippen LogP contribution in [0.5, 0.6) is 0 Å². The first-order chi connectivity index (χ1) is 7.60. The molecule has 0 unspecified atom stereocenters. The van der Waals surface area contributed by atoms with Crippen molar-refractivity contribution in [2.24, 2.45) is 0 Å². The summed E-state index contributed by atoms with van der Waals surface area (Å²) >= 11 is 0. The minimum Gasteiger partial charge on any atom is -0.381 e. The molecule has 2 aromatic carbocycles. The third-order valence-electron chi connectivity index (χ3n) is 2.95. The quantitative estimate of drug-likeness (QED) is 0.810. The Morgan fingerprint density at radius 1 is 0.812 bits per heavy atom. The number of hydrogen-bond donors (Lipinski definition) is 1. The Morgan fingerprint density at radius 3 is 1.88 bits per heavy atom. The van der Waals surface area contributed by atoms with E-state index in [9.17, 15) is 5.11 Å². The number of aryl methyl sites for hydroxylation is 1. The Labute approximate surface area is 96.4 Å². The van der Waals surface area contributed by atoms with Gasteiger partial charge in [0.15, 0.2) is 0 Å². The molecule has 82 valence electrons. The molecule has 0 fully saturated rings. The average molecular weight is 212 g/mol. The van der Waals surface area contributed by atoms with Crippen LogP contribution in [0.25, 0.3) is 0 Å². The molecule has 0 spiro atoms. The standard InChI is InChI=1S/C15H16O/c1-12-8-10-14(11-9-12)15(2,16)13-6-4-3-5-7-13/h3-11,16H,1-2H3/t15-/m1/s1. The van der Waals surface area contributed by atoms with Gasteiger partial charge in [-0.05, 0) is 25.0 Å². The average Bonchev–Trinajstić information content (AvgIpc) is 2.31. The Morgan fingerprint density at radius 2 is 1.31 bits per heavy atom. The Balaban J connectivity index is 2.43. The highest BCUT2D eigenvalue weighted by Gasteiger charge is 2.24. The predicted octanol–water partition coefficient (Wildman–Crippen LogP) is 3.25. The van der Waals surface area contributed by atoms with Gasteiger partial charge in [0.05, 0.1) is 0 Å². The molecule has 0 radical (unpaired) electrons. The summed E-state index contributed by atoms with van der Waals surface area (Å²) in [5.74, 6) is 0. The molecule has 1 atom stereocenters. The van der Waals surface area contributed by atoms with E-state index in [-0.39, 0.29) is 0 Å². The first kappa shape index (κ1) is 10.9. The highest BCUT2D eigenvalue weighted by Crippen LogP contribution is 2.28. The lowest BCUT2D eigenvalue weighted by Gasteiger charge is -2.24. The van der Waals surface area contributed by atoms with Crippen molar-refractivity contribution in [3.8, 4) is 0 Å². The number of rotatable bonds is 2. The third kappa shape index (κ3) is 2.00. The van der Waals surface area contributed by atoms with Crippen molar-refractivity contribution in [1.82, 2.24) is 0 Å². The summed E-state index contributed by atoms with van der Waals surface area (Å²) in [5, 5.41) is 10.5. The van der Waals surface area contributed by atoms with Crippen molar-refractivity contribution in [2.75, 3.05) is 0 Å². The van der Waals surface area contributed by atoms with Gasteiger partial charge >= 0.3 is 0 Å². The second-order valence-corrected chi connectivity index (χ2v) is 4.30. The topological polar surface area (TPSA) is 20.2 Å². The first-order valence-corrected chi connectivity index (χ1v) is 5.46. The van der Waals surface area contributed by atoms with Crippen molar-refractivity contribution in [1.29, 1.82) is 0 Å². The van der Waals surface area contributed by atoms with Crippen LogP contribution < -0.4 is 0 Å². The van der Waals surface area contributed by atoms with Crippen molar-refractivity contribution >= 4 is 0 Å². The molecule has 0 aliphatic carbocycles. The number of hydrogen-bond acceptors (Lipinski definition) is 1. The van der Waals surface area contributed by atoms with Crippen LogP contribution >= 0.6 is 0 Å². The Bertz CT molecular complexity index is 455. The molecule has 2 rings (SSSR count). The molecular formula is C15H16O. The van der Waals surface area contributed by atoms with Gasteiger partial charge in [0, 0.05) is 0 Å². The van der Waals surface area contributed by atoms with Crippen LogP contribution in [0.2, 0.25) is 0 Å². The largest absolute Gasteiger partial charge is 0.381 e. The minimum absolute atomic E-state index is 0.916. The van der Waals surface area contributed by atoms with Crippen LogP contribution in [-0.2, 0) is 5.60 Å². The summed E-state index contributed by atoms with van der Waals surface area (Å²) in [6.45, 7) is 3.87. The molecule has 0 heterocycles. The maximum Gasteiger partial charge on any atom is 0.112 e. The van der Waals surface area contributed by atoms with Gasteiger partial charge in [0.25, 0.3) is 0 Å². The van der Waals surface area contributed by atoms with Gasteiger partial charge < -0.3 is 5.11 Å². The van der Waals surface area contributed by atoms with E-state index in [4.69, 9.17) is 0 Å². The smallest absolute Gasteiger partial charge is 0.112 e. The van der Waals surface area contributed by atoms with Gasteiger partial charge in [0.2, 0.25) is 0 Å². The van der Waals surface area contributed by atoms with Crippen molar-refractivity contribution in [3.63, 3.8) is 0 Å². The molecule has 0 bridgehead atoms. The zero-order valence-corrected chi connectivity index (χ0v) is 9.64. The highest BCUT2D eigenvalue weighted by atomic mass is 16.3. The van der Waals surface area contributed by atoms with Crippen molar-refractivity contribution < 1.29 is 5.11 Å². The zero-order valence-electron chi connectivity index (χ0n) is 9.64. The fourth-order valence-electron chi connectivity index (χ4n) is 1.81. The van der Waals surface area contributed by atoms with Crippen LogP contribution in [0.4, 0.5) is 0 Å². The van der Waals surface area contributed by atoms with Crippen LogP contribution in [0.3, 0.4) is 0 Å². The van der Waals surface area contributed by atoms with Gasteiger partial charge in [0.1, 0.15) is 5.60 Å². The molecule has 0 aliphatic heterocycles. The van der Waals surface area contributed by atoms with Gasteiger partial charge in [-0.3, -0.25) is 0 Å². The molecule has 2 aromatic rings. The first-order valence-electron chi connectivity index (χ1n) is 5.46. The number of aliphatic hydroxyl groups is 1. The highest BCUT2D eigenvalue weighted by molar-refractivity contribution is 5.36. The van der Waals surface area contributed by atoms with Gasteiger partial charge in [-0.2, -0.15) is 0 Å². The summed E-state index contributed by atoms with van der Waals surface area (Å²) in [7, 11) is 0. The fraction of sp³-hybridized carbons (Fsp3) is 0.200. The van der Waals surface area contributed by atoms with E-state index in [1.54, 1.807) is 0 Å². The van der Waals surface area contributed by atoms with Crippen LogP contribution in [-0.4, -0.2) is 5.11 Å². The van der Waals surface area contributed by atoms with Crippen molar-refractivity contribution in [3.05, 3.63) is 71.3 Å². The Hall–Kier alpha value is -1.60. The van der Waals surface area contributed by atoms with Crippen molar-refractivity contribution in [2.45, 2.75) is 19.4 Å². The molecule has 0 aliphatic rings. The molecule has 1 N–H and O–H groups in total. The predicted molar refractivity (Wildman–Crippen MR) is 66.3 cm³/mol. The molecule has 16 heavy (non-hydrogen) atoms. The van der Waals surface area contributed by atoms with E-state index in [0.717, 1.165) is 11.1 Å². The molecule has 0 saturated carbocycles. The molecule has 0 amide bonds. The Kier molecular flexibility index (Phi) is 2.80. The van der Waals surface area contributed by atoms with E-state index in [2.05, 4.69) is 0 Å². The van der Waals surface area contributed by atoms with Gasteiger partial charge in [-0.15, -0.1) is 0 Å². The third-order valence-corrected chi connectivity index (χ3v) is 2.95. The van der Waals surface area contributed by atoms with Crippen LogP contribution in [0.15, 0.2) is 54.6 Å². The van der Waals surface area contributed by atoms with Crippen LogP contribution in [0.1, 0.15) is 23.6 Å². The summed E-state index contributed by atoms with van der Waals surface area (Å²) < 4.78 is 0. The number of benzene rings is 2. The van der Waals surface area contributed by atoms with E-state index in [1.165, 1.54) is 5.56 Å². The van der Waals surface area contributed by atoms with Gasteiger partial charge in [-0.25, -0.2) is 0 Å². The molecular weight excluding hydrogens is 196 g/mol. The maximum absolute atomic E-state index is 10.5. The molecule has 1 heteroatoms. The molecule has 0 aromatic heterocycles. The van der Waals surface area contributed by atoms with Gasteiger partial charge in [-0.1, -0.05) is 60.2 Å². The lowest BCUT2D eigenvalue weighted by atomic mass is 9.88. The maximum atomic E-state index is 10.5. The second-order valence-electron chi connectivity index (χ2n) is 4.30. The van der Waals surface area contributed by atoms with E-state index in [0.29, 0.717) is 0 Å². The normalized spacial score (nSPS) is 14.4. The monoisotopic (exact) mass is 212 g/mol. The SMILES string of the molecule is Cc1ccc([C@](C)(O)c2ccccc2)cc1. The fourth-order valence-corrected chi connectivity index (χ4v) is 1.81. The summed E-state index contributed by atoms with van der Waals surface area (Å²) in [5.41, 5.74) is 2.12. The minimum atomic E-state index is -0.922. The lowest BCUT2D eigenvalue weighted by molar-refractivity contribution is 0.102. The summed E-state index contributed by atoms with van der Waals surface area (Å²) in [4.78, 5) is 0. The zero-order chi connectivity index (χ0) is 11.6. The molecule has 1 nitrogen and oxygen atoms in total. The summed E-state index contributed by atoms with van der Waals surface area (Å²) in [6, 6.07) is 17.7. The summed E-state index contributed by atoms with van der Waals surface area (Å²) in [6.07, 6.45) is 0. The van der Waals surface area contributed by atoms with E-state index >= 15 is 0 Å². The molecule has 0 saturated heterocycles.